The molecule has 1 aromatic carbocycles. The summed E-state index contributed by atoms with van der Waals surface area (Å²) < 4.78 is 15.2. The molecule has 0 bridgehead atoms. The number of allylic oxidation sites excluding steroid dienone is 1. The summed E-state index contributed by atoms with van der Waals surface area (Å²) in [6, 6.07) is 6.85. The number of ether oxygens (including phenoxy) is 3. The van der Waals surface area contributed by atoms with Gasteiger partial charge in [-0.3, -0.25) is 4.79 Å². The first-order chi connectivity index (χ1) is 12.2. The minimum Gasteiger partial charge on any atom is -0.497 e. The highest BCUT2D eigenvalue weighted by Gasteiger charge is 2.09. The Morgan fingerprint density at radius 3 is 2.52 bits per heavy atom. The molecule has 25 heavy (non-hydrogen) atoms. The van der Waals surface area contributed by atoms with Crippen molar-refractivity contribution in [3.05, 3.63) is 35.9 Å². The first-order valence-electron chi connectivity index (χ1n) is 8.54. The summed E-state index contributed by atoms with van der Waals surface area (Å²) in [7, 11) is 1.57. The summed E-state index contributed by atoms with van der Waals surface area (Å²) in [6.07, 6.45) is 7.85. The zero-order valence-electron chi connectivity index (χ0n) is 14.6. The third kappa shape index (κ3) is 7.28. The second-order valence-electron chi connectivity index (χ2n) is 5.83. The van der Waals surface area contributed by atoms with Crippen LogP contribution in [0, 0.1) is 0 Å². The van der Waals surface area contributed by atoms with Crippen molar-refractivity contribution in [3.63, 3.8) is 0 Å². The maximum absolute atomic E-state index is 11.7. The number of amides is 1. The molecular formula is C19H25NO5. The molecule has 0 unspecified atom stereocenters. The van der Waals surface area contributed by atoms with Crippen LogP contribution in [0.5, 0.6) is 11.5 Å². The van der Waals surface area contributed by atoms with Gasteiger partial charge in [0.2, 0.25) is 0 Å². The molecule has 0 spiro atoms. The predicted octanol–water partition coefficient (Wildman–Crippen LogP) is 2.62. The summed E-state index contributed by atoms with van der Waals surface area (Å²) in [4.78, 5) is 23.3. The number of esters is 1. The molecule has 0 atom stereocenters. The minimum atomic E-state index is -0.582. The van der Waals surface area contributed by atoms with Gasteiger partial charge in [0.05, 0.1) is 7.11 Å². The molecule has 6 heteroatoms. The average Bonchev–Trinajstić information content (AvgIpc) is 2.66. The van der Waals surface area contributed by atoms with E-state index in [9.17, 15) is 9.59 Å². The van der Waals surface area contributed by atoms with Gasteiger partial charge in [0.25, 0.3) is 5.91 Å². The van der Waals surface area contributed by atoms with Gasteiger partial charge in [0.15, 0.2) is 13.2 Å². The van der Waals surface area contributed by atoms with E-state index in [0.29, 0.717) is 18.0 Å². The molecule has 0 aliphatic heterocycles. The Hall–Kier alpha value is -2.50. The lowest BCUT2D eigenvalue weighted by Crippen LogP contribution is -2.30. The van der Waals surface area contributed by atoms with Gasteiger partial charge < -0.3 is 19.5 Å². The number of benzene rings is 1. The SMILES string of the molecule is COc1ccc(OCC(=O)OCC(=O)NCCC2=CCCCC2)cc1. The Labute approximate surface area is 148 Å². The van der Waals surface area contributed by atoms with Gasteiger partial charge in [-0.1, -0.05) is 11.6 Å². The maximum atomic E-state index is 11.7. The highest BCUT2D eigenvalue weighted by Crippen LogP contribution is 2.19. The third-order valence-corrected chi connectivity index (χ3v) is 3.93. The van der Waals surface area contributed by atoms with Gasteiger partial charge in [-0.25, -0.2) is 4.79 Å². The molecule has 1 aliphatic carbocycles. The molecule has 0 fully saturated rings. The highest BCUT2D eigenvalue weighted by molar-refractivity contribution is 5.80. The van der Waals surface area contributed by atoms with Crippen molar-refractivity contribution in [1.82, 2.24) is 5.32 Å². The van der Waals surface area contributed by atoms with Crippen molar-refractivity contribution in [3.8, 4) is 11.5 Å². The smallest absolute Gasteiger partial charge is 0.344 e. The van der Waals surface area contributed by atoms with Gasteiger partial charge in [-0.2, -0.15) is 0 Å². The van der Waals surface area contributed by atoms with Crippen molar-refractivity contribution in [2.24, 2.45) is 0 Å². The lowest BCUT2D eigenvalue weighted by molar-refractivity contribution is -0.150. The van der Waals surface area contributed by atoms with Gasteiger partial charge in [-0.15, -0.1) is 0 Å². The summed E-state index contributed by atoms with van der Waals surface area (Å²) in [5.74, 6) is 0.355. The molecule has 2 rings (SSSR count). The van der Waals surface area contributed by atoms with Gasteiger partial charge in [0, 0.05) is 6.54 Å². The Morgan fingerprint density at radius 2 is 1.84 bits per heavy atom. The van der Waals surface area contributed by atoms with E-state index in [1.165, 1.54) is 18.4 Å². The lowest BCUT2D eigenvalue weighted by atomic mass is 9.97. The van der Waals surface area contributed by atoms with E-state index in [1.807, 2.05) is 0 Å². The van der Waals surface area contributed by atoms with Gasteiger partial charge in [-0.05, 0) is 56.4 Å². The van der Waals surface area contributed by atoms with E-state index in [2.05, 4.69) is 11.4 Å². The largest absolute Gasteiger partial charge is 0.497 e. The minimum absolute atomic E-state index is 0.244. The van der Waals surface area contributed by atoms with E-state index in [-0.39, 0.29) is 19.1 Å². The van der Waals surface area contributed by atoms with Crippen LogP contribution >= 0.6 is 0 Å². The Morgan fingerprint density at radius 1 is 1.08 bits per heavy atom. The fourth-order valence-electron chi connectivity index (χ4n) is 2.55. The topological polar surface area (TPSA) is 73.9 Å². The average molecular weight is 347 g/mol. The van der Waals surface area contributed by atoms with E-state index in [0.717, 1.165) is 19.3 Å². The van der Waals surface area contributed by atoms with Crippen LogP contribution in [0.1, 0.15) is 32.1 Å². The first-order valence-corrected chi connectivity index (χ1v) is 8.54. The molecule has 0 radical (unpaired) electrons. The van der Waals surface area contributed by atoms with Crippen LogP contribution in [0.4, 0.5) is 0 Å². The van der Waals surface area contributed by atoms with Crippen LogP contribution in [0.25, 0.3) is 0 Å². The van der Waals surface area contributed by atoms with Crippen molar-refractivity contribution >= 4 is 11.9 Å². The number of hydrogen-bond donors (Lipinski definition) is 1. The number of nitrogens with one attached hydrogen (secondary N) is 1. The molecule has 0 aromatic heterocycles. The van der Waals surface area contributed by atoms with Gasteiger partial charge >= 0.3 is 5.97 Å². The van der Waals surface area contributed by atoms with Crippen LogP contribution in [0.2, 0.25) is 0 Å². The number of methoxy groups -OCH3 is 1. The van der Waals surface area contributed by atoms with E-state index in [1.54, 1.807) is 31.4 Å². The standard InChI is InChI=1S/C19H25NO5/c1-23-16-7-9-17(10-8-16)24-14-19(22)25-13-18(21)20-12-11-15-5-3-2-4-6-15/h5,7-10H,2-4,6,11-14H2,1H3,(H,20,21). The maximum Gasteiger partial charge on any atom is 0.344 e. The first kappa shape index (κ1) is 18.8. The van der Waals surface area contributed by atoms with E-state index in [4.69, 9.17) is 14.2 Å². The number of hydrogen-bond acceptors (Lipinski definition) is 5. The Balaban J connectivity index is 1.57. The molecule has 1 aliphatic rings. The molecule has 1 N–H and O–H groups in total. The molecule has 1 aromatic rings. The summed E-state index contributed by atoms with van der Waals surface area (Å²) in [6.45, 7) is 0.0426. The molecular weight excluding hydrogens is 322 g/mol. The van der Waals surface area contributed by atoms with Crippen molar-refractivity contribution in [1.29, 1.82) is 0 Å². The summed E-state index contributed by atoms with van der Waals surface area (Å²) in [5, 5.41) is 2.76. The molecule has 0 heterocycles. The molecule has 136 valence electrons. The zero-order valence-corrected chi connectivity index (χ0v) is 14.6. The predicted molar refractivity (Wildman–Crippen MR) is 93.6 cm³/mol. The van der Waals surface area contributed by atoms with Gasteiger partial charge in [0.1, 0.15) is 11.5 Å². The molecule has 0 saturated carbocycles. The quantitative estimate of drug-likeness (QED) is 0.549. The van der Waals surface area contributed by atoms with Crippen LogP contribution in [-0.4, -0.2) is 38.7 Å². The molecule has 0 saturated heterocycles. The highest BCUT2D eigenvalue weighted by atomic mass is 16.6. The monoisotopic (exact) mass is 347 g/mol. The Kier molecular flexibility index (Phi) is 7.82. The second-order valence-corrected chi connectivity index (χ2v) is 5.83. The molecule has 1 amide bonds. The normalized spacial score (nSPS) is 13.6. The van der Waals surface area contributed by atoms with Crippen LogP contribution < -0.4 is 14.8 Å². The van der Waals surface area contributed by atoms with Crippen LogP contribution in [-0.2, 0) is 14.3 Å². The van der Waals surface area contributed by atoms with Crippen LogP contribution in [0.3, 0.4) is 0 Å². The summed E-state index contributed by atoms with van der Waals surface area (Å²) >= 11 is 0. The Bertz CT molecular complexity index is 594. The number of carbonyl (C=O) groups excluding carboxylic acids is 2. The number of rotatable bonds is 9. The third-order valence-electron chi connectivity index (χ3n) is 3.93. The van der Waals surface area contributed by atoms with Crippen molar-refractivity contribution in [2.75, 3.05) is 26.9 Å². The van der Waals surface area contributed by atoms with Crippen LogP contribution in [0.15, 0.2) is 35.9 Å². The van der Waals surface area contributed by atoms with Crippen molar-refractivity contribution in [2.45, 2.75) is 32.1 Å². The van der Waals surface area contributed by atoms with E-state index < -0.39 is 5.97 Å². The second kappa shape index (κ2) is 10.4. The van der Waals surface area contributed by atoms with Crippen molar-refractivity contribution < 1.29 is 23.8 Å². The van der Waals surface area contributed by atoms with E-state index >= 15 is 0 Å². The summed E-state index contributed by atoms with van der Waals surface area (Å²) in [5.41, 5.74) is 1.40. The zero-order chi connectivity index (χ0) is 17.9. The number of carbonyl (C=O) groups is 2. The lowest BCUT2D eigenvalue weighted by Gasteiger charge is -2.13. The fourth-order valence-corrected chi connectivity index (χ4v) is 2.55. The molecule has 6 nitrogen and oxygen atoms in total. The fraction of sp³-hybridized carbons (Fsp3) is 0.474.